The summed E-state index contributed by atoms with van der Waals surface area (Å²) in [6.07, 6.45) is 0. The molecule has 1 N–H and O–H groups in total. The minimum atomic E-state index is -0.00455. The van der Waals surface area contributed by atoms with Crippen molar-refractivity contribution in [3.05, 3.63) is 71.5 Å². The number of carbonyl (C=O) groups excluding carboxylic acids is 1. The zero-order valence-electron chi connectivity index (χ0n) is 16.1. The molecule has 0 spiro atoms. The Morgan fingerprint density at radius 1 is 1.04 bits per heavy atom. The predicted octanol–water partition coefficient (Wildman–Crippen LogP) is 4.31. The number of thioether (sulfide) groups is 2. The van der Waals surface area contributed by atoms with E-state index in [1.807, 2.05) is 30.3 Å². The number of hydrogen-bond acceptors (Lipinski definition) is 5. The maximum absolute atomic E-state index is 12.1. The number of benzene rings is 2. The van der Waals surface area contributed by atoms with Crippen LogP contribution in [0.4, 0.5) is 0 Å². The van der Waals surface area contributed by atoms with Crippen molar-refractivity contribution in [2.75, 3.05) is 5.75 Å². The maximum Gasteiger partial charge on any atom is 0.230 e. The van der Waals surface area contributed by atoms with Gasteiger partial charge in [0, 0.05) is 18.0 Å². The van der Waals surface area contributed by atoms with Crippen LogP contribution in [0, 0.1) is 6.92 Å². The van der Waals surface area contributed by atoms with Gasteiger partial charge < -0.3 is 9.88 Å². The fourth-order valence-corrected chi connectivity index (χ4v) is 4.30. The summed E-state index contributed by atoms with van der Waals surface area (Å²) in [4.78, 5) is 13.4. The lowest BCUT2D eigenvalue weighted by molar-refractivity contribution is -0.118. The summed E-state index contributed by atoms with van der Waals surface area (Å²) in [5.41, 5.74) is 2.35. The largest absolute Gasteiger partial charge is 0.351 e. The summed E-state index contributed by atoms with van der Waals surface area (Å²) in [7, 11) is 0. The molecule has 0 aliphatic rings. The van der Waals surface area contributed by atoms with E-state index in [2.05, 4.69) is 58.2 Å². The van der Waals surface area contributed by atoms with Crippen LogP contribution >= 0.6 is 23.5 Å². The molecule has 0 bridgehead atoms. The fraction of sp³-hybridized carbons (Fsp3) is 0.286. The Morgan fingerprint density at radius 3 is 2.50 bits per heavy atom. The minimum Gasteiger partial charge on any atom is -0.351 e. The lowest BCUT2D eigenvalue weighted by Crippen LogP contribution is -2.24. The van der Waals surface area contributed by atoms with Crippen molar-refractivity contribution in [2.24, 2.45) is 0 Å². The Hall–Kier alpha value is -2.25. The summed E-state index contributed by atoms with van der Waals surface area (Å²) in [5, 5.41) is 12.3. The molecule has 0 saturated carbocycles. The second-order valence-electron chi connectivity index (χ2n) is 6.30. The molecule has 0 fully saturated rings. The van der Waals surface area contributed by atoms with Crippen molar-refractivity contribution in [3.8, 4) is 0 Å². The first-order valence-corrected chi connectivity index (χ1v) is 11.2. The van der Waals surface area contributed by atoms with Gasteiger partial charge in [-0.1, -0.05) is 59.8 Å². The molecule has 0 aliphatic heterocycles. The van der Waals surface area contributed by atoms with Crippen molar-refractivity contribution in [3.63, 3.8) is 0 Å². The van der Waals surface area contributed by atoms with Gasteiger partial charge in [0.25, 0.3) is 0 Å². The van der Waals surface area contributed by atoms with Crippen molar-refractivity contribution in [1.82, 2.24) is 20.1 Å². The van der Waals surface area contributed by atoms with Crippen LogP contribution in [0.2, 0.25) is 0 Å². The van der Waals surface area contributed by atoms with Crippen LogP contribution in [0.25, 0.3) is 0 Å². The Bertz CT molecular complexity index is 895. The SMILES string of the molecule is CCn1c(CSc2ccc(C)cc2)nnc1SCC(=O)NCc1ccccc1. The molecular formula is C21H24N4OS2. The average molecular weight is 413 g/mol. The van der Waals surface area contributed by atoms with Gasteiger partial charge in [0.2, 0.25) is 5.91 Å². The van der Waals surface area contributed by atoms with Gasteiger partial charge in [0.15, 0.2) is 5.16 Å². The quantitative estimate of drug-likeness (QED) is 0.531. The van der Waals surface area contributed by atoms with Crippen LogP contribution in [0.5, 0.6) is 0 Å². The van der Waals surface area contributed by atoms with Gasteiger partial charge in [-0.15, -0.1) is 22.0 Å². The fourth-order valence-electron chi connectivity index (χ4n) is 2.61. The number of carbonyl (C=O) groups is 1. The third kappa shape index (κ3) is 5.87. The molecule has 7 heteroatoms. The van der Waals surface area contributed by atoms with Crippen LogP contribution in [0.15, 0.2) is 64.6 Å². The van der Waals surface area contributed by atoms with E-state index in [1.165, 1.54) is 22.2 Å². The third-order valence-corrected chi connectivity index (χ3v) is 6.14. The predicted molar refractivity (Wildman–Crippen MR) is 115 cm³/mol. The molecular weight excluding hydrogens is 388 g/mol. The van der Waals surface area contributed by atoms with Crippen molar-refractivity contribution < 1.29 is 4.79 Å². The summed E-state index contributed by atoms with van der Waals surface area (Å²) < 4.78 is 2.08. The molecule has 1 amide bonds. The van der Waals surface area contributed by atoms with E-state index in [0.717, 1.165) is 28.8 Å². The first-order chi connectivity index (χ1) is 13.7. The Labute approximate surface area is 174 Å². The lowest BCUT2D eigenvalue weighted by Gasteiger charge is -2.08. The Morgan fingerprint density at radius 2 is 1.79 bits per heavy atom. The van der Waals surface area contributed by atoms with E-state index < -0.39 is 0 Å². The molecule has 5 nitrogen and oxygen atoms in total. The molecule has 1 heterocycles. The number of nitrogens with zero attached hydrogens (tertiary/aromatic N) is 3. The first-order valence-electron chi connectivity index (χ1n) is 9.20. The molecule has 2 aromatic carbocycles. The molecule has 0 aliphatic carbocycles. The number of nitrogens with one attached hydrogen (secondary N) is 1. The van der Waals surface area contributed by atoms with Gasteiger partial charge >= 0.3 is 0 Å². The van der Waals surface area contributed by atoms with E-state index in [9.17, 15) is 4.79 Å². The van der Waals surface area contributed by atoms with Crippen molar-refractivity contribution >= 4 is 29.4 Å². The topological polar surface area (TPSA) is 59.8 Å². The van der Waals surface area contributed by atoms with Gasteiger partial charge in [0.1, 0.15) is 5.82 Å². The van der Waals surface area contributed by atoms with Crippen molar-refractivity contribution in [1.29, 1.82) is 0 Å². The number of aryl methyl sites for hydroxylation is 1. The average Bonchev–Trinajstić information content (AvgIpc) is 3.13. The molecule has 1 aromatic heterocycles. The smallest absolute Gasteiger partial charge is 0.230 e. The first kappa shape index (κ1) is 20.5. The van der Waals surface area contributed by atoms with Gasteiger partial charge in [-0.25, -0.2) is 0 Å². The summed E-state index contributed by atoms with van der Waals surface area (Å²) in [6, 6.07) is 18.4. The standard InChI is InChI=1S/C21H24N4OS2/c1-3-25-19(14-27-18-11-9-16(2)10-12-18)23-24-21(25)28-15-20(26)22-13-17-7-5-4-6-8-17/h4-12H,3,13-15H2,1-2H3,(H,22,26). The van der Waals surface area contributed by atoms with E-state index in [4.69, 9.17) is 0 Å². The molecule has 0 radical (unpaired) electrons. The molecule has 28 heavy (non-hydrogen) atoms. The Kier molecular flexibility index (Phi) is 7.56. The summed E-state index contributed by atoms with van der Waals surface area (Å²) in [5.74, 6) is 2.01. The highest BCUT2D eigenvalue weighted by atomic mass is 32.2. The van der Waals surface area contributed by atoms with Crippen LogP contribution in [0.1, 0.15) is 23.9 Å². The van der Waals surface area contributed by atoms with Gasteiger partial charge in [-0.2, -0.15) is 0 Å². The minimum absolute atomic E-state index is 0.00455. The van der Waals surface area contributed by atoms with E-state index >= 15 is 0 Å². The second-order valence-corrected chi connectivity index (χ2v) is 8.29. The third-order valence-electron chi connectivity index (χ3n) is 4.16. The monoisotopic (exact) mass is 412 g/mol. The molecule has 3 aromatic rings. The molecule has 146 valence electrons. The highest BCUT2D eigenvalue weighted by Gasteiger charge is 2.13. The number of amides is 1. The normalized spacial score (nSPS) is 10.8. The molecule has 0 unspecified atom stereocenters. The Balaban J connectivity index is 1.51. The van der Waals surface area contributed by atoms with Gasteiger partial charge in [-0.05, 0) is 31.5 Å². The molecule has 0 saturated heterocycles. The molecule has 3 rings (SSSR count). The number of aromatic nitrogens is 3. The van der Waals surface area contributed by atoms with E-state index in [1.54, 1.807) is 11.8 Å². The lowest BCUT2D eigenvalue weighted by atomic mass is 10.2. The number of rotatable bonds is 9. The summed E-state index contributed by atoms with van der Waals surface area (Å²) in [6.45, 7) is 5.48. The van der Waals surface area contributed by atoms with Crippen LogP contribution < -0.4 is 5.32 Å². The number of hydrogen-bond donors (Lipinski definition) is 1. The highest BCUT2D eigenvalue weighted by molar-refractivity contribution is 7.99. The van der Waals surface area contributed by atoms with E-state index in [0.29, 0.717) is 12.3 Å². The van der Waals surface area contributed by atoms with Gasteiger partial charge in [-0.3, -0.25) is 4.79 Å². The zero-order valence-corrected chi connectivity index (χ0v) is 17.7. The van der Waals surface area contributed by atoms with Gasteiger partial charge in [0.05, 0.1) is 11.5 Å². The van der Waals surface area contributed by atoms with Crippen LogP contribution in [-0.4, -0.2) is 26.4 Å². The van der Waals surface area contributed by atoms with E-state index in [-0.39, 0.29) is 5.91 Å². The highest BCUT2D eigenvalue weighted by Crippen LogP contribution is 2.24. The van der Waals surface area contributed by atoms with Crippen LogP contribution in [0.3, 0.4) is 0 Å². The second kappa shape index (κ2) is 10.3. The van der Waals surface area contributed by atoms with Crippen molar-refractivity contribution in [2.45, 2.75) is 42.7 Å². The maximum atomic E-state index is 12.1. The summed E-state index contributed by atoms with van der Waals surface area (Å²) >= 11 is 3.17. The van der Waals surface area contributed by atoms with Crippen LogP contribution in [-0.2, 0) is 23.6 Å². The zero-order chi connectivity index (χ0) is 19.8. The molecule has 0 atom stereocenters.